The first kappa shape index (κ1) is 38.2. The van der Waals surface area contributed by atoms with Gasteiger partial charge >= 0.3 is 7.82 Å². The number of piperidine rings is 3. The Bertz CT molecular complexity index is 659. The second-order valence-corrected chi connectivity index (χ2v) is 14.7. The van der Waals surface area contributed by atoms with E-state index in [0.717, 1.165) is 31.6 Å². The molecule has 0 aromatic heterocycles. The van der Waals surface area contributed by atoms with E-state index in [-0.39, 0.29) is 19.3 Å². The quantitative estimate of drug-likeness (QED) is 0.0491. The van der Waals surface area contributed by atoms with Crippen molar-refractivity contribution < 1.29 is 32.5 Å². The molecule has 3 heterocycles. The number of hydrogen-bond acceptors (Lipinski definition) is 5. The van der Waals surface area contributed by atoms with Gasteiger partial charge in [-0.05, 0) is 57.8 Å². The number of ether oxygens (including phenoxy) is 2. The highest BCUT2D eigenvalue weighted by molar-refractivity contribution is 7.47. The summed E-state index contributed by atoms with van der Waals surface area (Å²) in [5.74, 6) is 1.01. The van der Waals surface area contributed by atoms with Crippen LogP contribution in [0.1, 0.15) is 149 Å². The third kappa shape index (κ3) is 18.7. The van der Waals surface area contributed by atoms with Crippen LogP contribution in [0.15, 0.2) is 0 Å². The van der Waals surface area contributed by atoms with Crippen molar-refractivity contribution >= 4 is 7.82 Å². The summed E-state index contributed by atoms with van der Waals surface area (Å²) in [6, 6.07) is 0. The van der Waals surface area contributed by atoms with Crippen LogP contribution in [0.2, 0.25) is 0 Å². The van der Waals surface area contributed by atoms with E-state index < -0.39 is 7.82 Å². The van der Waals surface area contributed by atoms with Crippen molar-refractivity contribution in [2.24, 2.45) is 5.92 Å². The SMILES string of the molecule is CCCCCCCCCCCCCCCCOCC(COP(=O)(O)OCCCCCC[N+]12CCC(CC1)CC2)OCC. The molecule has 0 spiro atoms. The maximum atomic E-state index is 12.3. The van der Waals surface area contributed by atoms with Crippen molar-refractivity contribution in [1.82, 2.24) is 0 Å². The molecule has 0 aromatic carbocycles. The lowest BCUT2D eigenvalue weighted by Gasteiger charge is -2.49. The predicted octanol–water partition coefficient (Wildman–Crippen LogP) is 9.21. The Labute approximate surface area is 260 Å². The summed E-state index contributed by atoms with van der Waals surface area (Å²) >= 11 is 0. The number of quaternary nitrogens is 1. The molecular weight excluding hydrogens is 549 g/mol. The highest BCUT2D eigenvalue weighted by atomic mass is 31.2. The molecule has 0 saturated carbocycles. The average Bonchev–Trinajstić information content (AvgIpc) is 3.00. The summed E-state index contributed by atoms with van der Waals surface area (Å²) in [4.78, 5) is 10.1. The van der Waals surface area contributed by atoms with E-state index in [1.807, 2.05) is 6.92 Å². The number of fused-ring (bicyclic) bond motifs is 3. The monoisotopic (exact) mass is 618 g/mol. The van der Waals surface area contributed by atoms with Crippen molar-refractivity contribution in [3.8, 4) is 0 Å². The molecule has 1 N–H and O–H groups in total. The smallest absolute Gasteiger partial charge is 0.379 e. The first-order valence-electron chi connectivity index (χ1n) is 18.1. The number of phosphoric acid groups is 1. The van der Waals surface area contributed by atoms with Crippen LogP contribution in [0.3, 0.4) is 0 Å². The fourth-order valence-corrected chi connectivity index (χ4v) is 7.55. The molecule has 250 valence electrons. The van der Waals surface area contributed by atoms with Crippen LogP contribution < -0.4 is 0 Å². The molecule has 3 rings (SSSR count). The molecule has 8 heteroatoms. The van der Waals surface area contributed by atoms with E-state index >= 15 is 0 Å². The van der Waals surface area contributed by atoms with E-state index in [9.17, 15) is 9.46 Å². The van der Waals surface area contributed by atoms with Gasteiger partial charge in [-0.1, -0.05) is 96.8 Å². The van der Waals surface area contributed by atoms with Gasteiger partial charge in [0.1, 0.15) is 6.10 Å². The Morgan fingerprint density at radius 2 is 1.17 bits per heavy atom. The standard InChI is InChI=1S/C34H68NO6P/c1-3-5-6-7-8-9-10-11-12-13-14-15-17-20-29-38-31-34(39-4-2)32-41-42(36,37)40-30-21-18-16-19-25-35-26-22-33(23-27-35)24-28-35/h33-34H,3-32H2,1-2H3/p+1. The highest BCUT2D eigenvalue weighted by Crippen LogP contribution is 2.43. The second kappa shape index (κ2) is 24.3. The maximum absolute atomic E-state index is 12.3. The van der Waals surface area contributed by atoms with E-state index in [1.165, 1.54) is 140 Å². The van der Waals surface area contributed by atoms with Crippen molar-refractivity contribution in [2.45, 2.75) is 155 Å². The van der Waals surface area contributed by atoms with E-state index in [0.29, 0.717) is 19.8 Å². The lowest BCUT2D eigenvalue weighted by atomic mass is 9.85. The summed E-state index contributed by atoms with van der Waals surface area (Å²) in [6.45, 7) is 11.5. The van der Waals surface area contributed by atoms with Crippen molar-refractivity contribution in [1.29, 1.82) is 0 Å². The number of unbranched alkanes of at least 4 members (excludes halogenated alkanes) is 16. The molecule has 0 amide bonds. The molecule has 3 aliphatic rings. The molecule has 3 saturated heterocycles. The Kier molecular flexibility index (Phi) is 22.0. The molecule has 0 aromatic rings. The molecule has 0 aliphatic carbocycles. The minimum atomic E-state index is -4.07. The summed E-state index contributed by atoms with van der Waals surface area (Å²) in [7, 11) is -4.07. The molecule has 2 bridgehead atoms. The minimum absolute atomic E-state index is 0.00121. The third-order valence-electron chi connectivity index (χ3n) is 9.59. The van der Waals surface area contributed by atoms with Crippen molar-refractivity contribution in [2.75, 3.05) is 59.2 Å². The number of rotatable bonds is 30. The zero-order valence-electron chi connectivity index (χ0n) is 27.8. The van der Waals surface area contributed by atoms with Gasteiger partial charge in [-0.15, -0.1) is 0 Å². The Morgan fingerprint density at radius 1 is 0.667 bits per heavy atom. The maximum Gasteiger partial charge on any atom is 0.472 e. The summed E-state index contributed by atoms with van der Waals surface area (Å²) < 4.78 is 35.6. The average molecular weight is 619 g/mol. The third-order valence-corrected chi connectivity index (χ3v) is 10.6. The zero-order valence-corrected chi connectivity index (χ0v) is 28.6. The minimum Gasteiger partial charge on any atom is -0.379 e. The molecule has 2 atom stereocenters. The molecule has 3 fully saturated rings. The summed E-state index contributed by atoms with van der Waals surface area (Å²) in [5, 5.41) is 0. The summed E-state index contributed by atoms with van der Waals surface area (Å²) in [5.41, 5.74) is 0. The van der Waals surface area contributed by atoms with Crippen LogP contribution in [0.5, 0.6) is 0 Å². The normalized spacial score (nSPS) is 22.4. The highest BCUT2D eigenvalue weighted by Gasteiger charge is 2.38. The fraction of sp³-hybridized carbons (Fsp3) is 1.00. The van der Waals surface area contributed by atoms with Gasteiger partial charge in [-0.2, -0.15) is 0 Å². The molecule has 42 heavy (non-hydrogen) atoms. The predicted molar refractivity (Wildman–Crippen MR) is 174 cm³/mol. The molecular formula is C34H69NO6P+. The zero-order chi connectivity index (χ0) is 30.2. The van der Waals surface area contributed by atoms with Crippen molar-refractivity contribution in [3.05, 3.63) is 0 Å². The van der Waals surface area contributed by atoms with Gasteiger partial charge in [0.2, 0.25) is 0 Å². The van der Waals surface area contributed by atoms with Gasteiger partial charge in [0.25, 0.3) is 0 Å². The van der Waals surface area contributed by atoms with Crippen molar-refractivity contribution in [3.63, 3.8) is 0 Å². The van der Waals surface area contributed by atoms with Gasteiger partial charge in [0.15, 0.2) is 0 Å². The lowest BCUT2D eigenvalue weighted by molar-refractivity contribution is -0.942. The number of hydrogen-bond donors (Lipinski definition) is 1. The van der Waals surface area contributed by atoms with Gasteiger partial charge in [0.05, 0.1) is 46.0 Å². The summed E-state index contributed by atoms with van der Waals surface area (Å²) in [6.07, 6.45) is 26.9. The van der Waals surface area contributed by atoms with E-state index in [2.05, 4.69) is 6.92 Å². The fourth-order valence-electron chi connectivity index (χ4n) is 6.76. The second-order valence-electron chi connectivity index (χ2n) is 13.2. The van der Waals surface area contributed by atoms with Gasteiger partial charge in [-0.3, -0.25) is 9.05 Å². The number of nitrogens with zero attached hydrogens (tertiary/aromatic N) is 1. The molecule has 3 aliphatic heterocycles. The van der Waals surface area contributed by atoms with Crippen LogP contribution >= 0.6 is 7.82 Å². The van der Waals surface area contributed by atoms with Crippen LogP contribution in [-0.2, 0) is 23.1 Å². The van der Waals surface area contributed by atoms with Crippen LogP contribution in [-0.4, -0.2) is 74.7 Å². The lowest BCUT2D eigenvalue weighted by Crippen LogP contribution is -2.58. The molecule has 7 nitrogen and oxygen atoms in total. The van der Waals surface area contributed by atoms with Crippen LogP contribution in [0.25, 0.3) is 0 Å². The molecule has 0 radical (unpaired) electrons. The van der Waals surface area contributed by atoms with Crippen LogP contribution in [0, 0.1) is 5.92 Å². The Morgan fingerprint density at radius 3 is 1.71 bits per heavy atom. The van der Waals surface area contributed by atoms with Crippen LogP contribution in [0.4, 0.5) is 0 Å². The molecule has 2 unspecified atom stereocenters. The first-order chi connectivity index (χ1) is 20.5. The number of phosphoric ester groups is 1. The van der Waals surface area contributed by atoms with E-state index in [4.69, 9.17) is 18.5 Å². The van der Waals surface area contributed by atoms with Gasteiger partial charge < -0.3 is 18.9 Å². The largest absolute Gasteiger partial charge is 0.472 e. The van der Waals surface area contributed by atoms with Gasteiger partial charge in [0, 0.05) is 13.2 Å². The topological polar surface area (TPSA) is 74.2 Å². The van der Waals surface area contributed by atoms with Gasteiger partial charge in [-0.25, -0.2) is 4.57 Å². The Hall–Kier alpha value is -0.0100. The first-order valence-corrected chi connectivity index (χ1v) is 19.6. The Balaban J connectivity index is 1.38. The van der Waals surface area contributed by atoms with E-state index in [1.54, 1.807) is 0 Å².